The Morgan fingerprint density at radius 1 is 1.31 bits per heavy atom. The highest BCUT2D eigenvalue weighted by Crippen LogP contribution is 2.19. The van der Waals surface area contributed by atoms with Gasteiger partial charge in [0.15, 0.2) is 0 Å². The number of rotatable bonds is 3. The van der Waals surface area contributed by atoms with Gasteiger partial charge in [0.25, 0.3) is 0 Å². The van der Waals surface area contributed by atoms with Gasteiger partial charge in [-0.1, -0.05) is 26.7 Å². The fourth-order valence-corrected chi connectivity index (χ4v) is 1.84. The highest BCUT2D eigenvalue weighted by molar-refractivity contribution is 5.60. The molecule has 4 heteroatoms. The van der Waals surface area contributed by atoms with Gasteiger partial charge >= 0.3 is 6.16 Å². The topological polar surface area (TPSA) is 61.5 Å². The molecular weight excluding hydrogens is 206 g/mol. The lowest BCUT2D eigenvalue weighted by Gasteiger charge is -2.21. The third-order valence-corrected chi connectivity index (χ3v) is 2.79. The minimum atomic E-state index is -0.573. The summed E-state index contributed by atoms with van der Waals surface area (Å²) in [7, 11) is 0. The maximum absolute atomic E-state index is 11.4. The van der Waals surface area contributed by atoms with E-state index in [1.54, 1.807) is 0 Å². The van der Waals surface area contributed by atoms with Crippen LogP contribution in [0.4, 0.5) is 4.79 Å². The summed E-state index contributed by atoms with van der Waals surface area (Å²) in [4.78, 5) is 11.4. The van der Waals surface area contributed by atoms with Gasteiger partial charge in [0.1, 0.15) is 6.10 Å². The molecule has 0 heterocycles. The van der Waals surface area contributed by atoms with Gasteiger partial charge in [0.2, 0.25) is 0 Å². The smallest absolute Gasteiger partial charge is 0.434 e. The van der Waals surface area contributed by atoms with E-state index in [4.69, 9.17) is 15.2 Å². The van der Waals surface area contributed by atoms with Gasteiger partial charge in [-0.05, 0) is 25.2 Å². The molecular formula is C12H23NO3. The molecule has 4 nitrogen and oxygen atoms in total. The van der Waals surface area contributed by atoms with Crippen LogP contribution in [0.15, 0.2) is 0 Å². The summed E-state index contributed by atoms with van der Waals surface area (Å²) in [5.41, 5.74) is 5.95. The number of carbonyl (C=O) groups is 1. The van der Waals surface area contributed by atoms with Crippen molar-refractivity contribution in [2.24, 2.45) is 11.7 Å². The van der Waals surface area contributed by atoms with Crippen LogP contribution in [0, 0.1) is 5.92 Å². The average molecular weight is 229 g/mol. The number of hydrogen-bond acceptors (Lipinski definition) is 4. The zero-order chi connectivity index (χ0) is 12.0. The number of hydrogen-bond donors (Lipinski definition) is 1. The summed E-state index contributed by atoms with van der Waals surface area (Å²) < 4.78 is 10.2. The highest BCUT2D eigenvalue weighted by atomic mass is 16.7. The Labute approximate surface area is 97.5 Å². The Morgan fingerprint density at radius 3 is 2.69 bits per heavy atom. The Kier molecular flexibility index (Phi) is 5.60. The van der Waals surface area contributed by atoms with Crippen LogP contribution < -0.4 is 5.73 Å². The summed E-state index contributed by atoms with van der Waals surface area (Å²) in [6, 6.07) is -0.0332. The molecule has 0 spiro atoms. The van der Waals surface area contributed by atoms with Crippen LogP contribution >= 0.6 is 0 Å². The van der Waals surface area contributed by atoms with Crippen LogP contribution in [0.2, 0.25) is 0 Å². The summed E-state index contributed by atoms with van der Waals surface area (Å²) in [6.45, 7) is 4.39. The second-order valence-electron chi connectivity index (χ2n) is 4.91. The normalized spacial score (nSPS) is 26.2. The fraction of sp³-hybridized carbons (Fsp3) is 0.917. The molecule has 0 bridgehead atoms. The molecule has 0 aromatic rings. The van der Waals surface area contributed by atoms with E-state index in [0.717, 1.165) is 25.7 Å². The van der Waals surface area contributed by atoms with Gasteiger partial charge in [-0.2, -0.15) is 0 Å². The zero-order valence-electron chi connectivity index (χ0n) is 10.3. The standard InChI is InChI=1S/C12H23NO3/c1-9(2)8-15-12(14)16-11-7-5-3-4-6-10(11)13/h9-11H,3-8,13H2,1-2H3. The van der Waals surface area contributed by atoms with Crippen molar-refractivity contribution in [3.8, 4) is 0 Å². The molecule has 1 rings (SSSR count). The van der Waals surface area contributed by atoms with Crippen molar-refractivity contribution in [2.75, 3.05) is 6.61 Å². The molecule has 94 valence electrons. The van der Waals surface area contributed by atoms with Crippen LogP contribution in [0.3, 0.4) is 0 Å². The molecule has 1 aliphatic rings. The lowest BCUT2D eigenvalue weighted by atomic mass is 10.1. The minimum absolute atomic E-state index is 0.0332. The van der Waals surface area contributed by atoms with Crippen molar-refractivity contribution in [1.29, 1.82) is 0 Å². The van der Waals surface area contributed by atoms with E-state index in [1.807, 2.05) is 13.8 Å². The Balaban J connectivity index is 2.30. The average Bonchev–Trinajstić information content (AvgIpc) is 2.42. The third-order valence-electron chi connectivity index (χ3n) is 2.79. The molecule has 2 unspecified atom stereocenters. The van der Waals surface area contributed by atoms with Gasteiger partial charge < -0.3 is 15.2 Å². The van der Waals surface area contributed by atoms with E-state index in [9.17, 15) is 4.79 Å². The number of nitrogens with two attached hydrogens (primary N) is 1. The molecule has 1 aliphatic carbocycles. The molecule has 0 saturated heterocycles. The van der Waals surface area contributed by atoms with Crippen molar-refractivity contribution >= 4 is 6.16 Å². The molecule has 0 aromatic heterocycles. The van der Waals surface area contributed by atoms with Gasteiger partial charge in [0, 0.05) is 6.04 Å². The maximum atomic E-state index is 11.4. The predicted octanol–water partition coefficient (Wildman–Crippen LogP) is 2.46. The first-order valence-electron chi connectivity index (χ1n) is 6.18. The first kappa shape index (κ1) is 13.3. The molecule has 0 amide bonds. The van der Waals surface area contributed by atoms with Crippen molar-refractivity contribution in [3.63, 3.8) is 0 Å². The summed E-state index contributed by atoms with van der Waals surface area (Å²) >= 11 is 0. The molecule has 0 aliphatic heterocycles. The lowest BCUT2D eigenvalue weighted by molar-refractivity contribution is 0.00750. The predicted molar refractivity (Wildman–Crippen MR) is 62.1 cm³/mol. The lowest BCUT2D eigenvalue weighted by Crippen LogP contribution is -2.37. The van der Waals surface area contributed by atoms with Gasteiger partial charge in [-0.3, -0.25) is 0 Å². The maximum Gasteiger partial charge on any atom is 0.508 e. The van der Waals surface area contributed by atoms with Gasteiger partial charge in [-0.25, -0.2) is 4.79 Å². The van der Waals surface area contributed by atoms with E-state index < -0.39 is 6.16 Å². The quantitative estimate of drug-likeness (QED) is 0.596. The molecule has 0 aromatic carbocycles. The van der Waals surface area contributed by atoms with E-state index in [2.05, 4.69) is 0 Å². The number of ether oxygens (including phenoxy) is 2. The summed E-state index contributed by atoms with van der Waals surface area (Å²) in [6.07, 6.45) is 4.44. The number of carbonyl (C=O) groups excluding carboxylic acids is 1. The highest BCUT2D eigenvalue weighted by Gasteiger charge is 2.24. The summed E-state index contributed by atoms with van der Waals surface area (Å²) in [5.74, 6) is 0.329. The molecule has 0 radical (unpaired) electrons. The first-order chi connectivity index (χ1) is 7.59. The molecule has 1 saturated carbocycles. The monoisotopic (exact) mass is 229 g/mol. The summed E-state index contributed by atoms with van der Waals surface area (Å²) in [5, 5.41) is 0. The van der Waals surface area contributed by atoms with Crippen molar-refractivity contribution in [2.45, 2.75) is 58.1 Å². The molecule has 2 N–H and O–H groups in total. The third kappa shape index (κ3) is 4.84. The van der Waals surface area contributed by atoms with Crippen LogP contribution in [-0.4, -0.2) is 24.9 Å². The van der Waals surface area contributed by atoms with E-state index in [-0.39, 0.29) is 12.1 Å². The van der Waals surface area contributed by atoms with E-state index in [1.165, 1.54) is 6.42 Å². The van der Waals surface area contributed by atoms with Crippen LogP contribution in [-0.2, 0) is 9.47 Å². The molecule has 2 atom stereocenters. The first-order valence-corrected chi connectivity index (χ1v) is 6.18. The van der Waals surface area contributed by atoms with Gasteiger partial charge in [-0.15, -0.1) is 0 Å². The van der Waals surface area contributed by atoms with Crippen LogP contribution in [0.1, 0.15) is 46.0 Å². The fourth-order valence-electron chi connectivity index (χ4n) is 1.84. The molecule has 1 fully saturated rings. The Hall–Kier alpha value is -0.770. The zero-order valence-corrected chi connectivity index (χ0v) is 10.3. The Morgan fingerprint density at radius 2 is 2.00 bits per heavy atom. The SMILES string of the molecule is CC(C)COC(=O)OC1CCCCCC1N. The largest absolute Gasteiger partial charge is 0.508 e. The van der Waals surface area contributed by atoms with E-state index >= 15 is 0 Å². The van der Waals surface area contributed by atoms with Crippen molar-refractivity contribution in [1.82, 2.24) is 0 Å². The van der Waals surface area contributed by atoms with E-state index in [0.29, 0.717) is 12.5 Å². The second-order valence-corrected chi connectivity index (χ2v) is 4.91. The molecule has 16 heavy (non-hydrogen) atoms. The van der Waals surface area contributed by atoms with Crippen molar-refractivity contribution < 1.29 is 14.3 Å². The Bertz CT molecular complexity index is 218. The van der Waals surface area contributed by atoms with Crippen LogP contribution in [0.25, 0.3) is 0 Å². The second kappa shape index (κ2) is 6.74. The van der Waals surface area contributed by atoms with Crippen molar-refractivity contribution in [3.05, 3.63) is 0 Å². The minimum Gasteiger partial charge on any atom is -0.434 e. The van der Waals surface area contributed by atoms with Gasteiger partial charge in [0.05, 0.1) is 6.61 Å². The van der Waals surface area contributed by atoms with Crippen LogP contribution in [0.5, 0.6) is 0 Å².